The first-order chi connectivity index (χ1) is 11.1. The van der Waals surface area contributed by atoms with Crippen LogP contribution in [0.3, 0.4) is 0 Å². The Morgan fingerprint density at radius 3 is 2.87 bits per heavy atom. The highest BCUT2D eigenvalue weighted by Gasteiger charge is 2.25. The highest BCUT2D eigenvalue weighted by atomic mass is 32.2. The molecule has 0 unspecified atom stereocenters. The fraction of sp³-hybridized carbons (Fsp3) is 0.312. The molecule has 7 heteroatoms. The number of pyridine rings is 1. The summed E-state index contributed by atoms with van der Waals surface area (Å²) in [7, 11) is 0. The number of nitrogens with one attached hydrogen (secondary N) is 1. The summed E-state index contributed by atoms with van der Waals surface area (Å²) in [5, 5.41) is 4.09. The summed E-state index contributed by atoms with van der Waals surface area (Å²) in [4.78, 5) is 29.8. The Labute approximate surface area is 142 Å². The number of aromatic nitrogens is 1. The minimum absolute atomic E-state index is 0.261. The summed E-state index contributed by atoms with van der Waals surface area (Å²) in [6.07, 6.45) is 7.48. The first kappa shape index (κ1) is 16.0. The number of thioether (sulfide) groups is 1. The topological polar surface area (TPSA) is 85.1 Å². The number of hydrogen-bond acceptors (Lipinski definition) is 5. The van der Waals surface area contributed by atoms with E-state index in [2.05, 4.69) is 10.3 Å². The molecule has 2 aromatic heterocycles. The zero-order valence-corrected chi connectivity index (χ0v) is 14.4. The van der Waals surface area contributed by atoms with Gasteiger partial charge in [0.25, 0.3) is 11.8 Å². The van der Waals surface area contributed by atoms with Gasteiger partial charge in [0.05, 0.1) is 11.1 Å². The Kier molecular flexibility index (Phi) is 4.68. The van der Waals surface area contributed by atoms with Crippen LogP contribution < -0.4 is 11.1 Å². The third kappa shape index (κ3) is 3.11. The molecular weight excluding hydrogens is 330 g/mol. The zero-order chi connectivity index (χ0) is 16.4. The van der Waals surface area contributed by atoms with Crippen LogP contribution in [0.2, 0.25) is 0 Å². The molecule has 0 aliphatic heterocycles. The van der Waals surface area contributed by atoms with E-state index in [1.807, 2.05) is 6.26 Å². The van der Waals surface area contributed by atoms with Crippen molar-refractivity contribution in [3.05, 3.63) is 39.9 Å². The molecule has 0 atom stereocenters. The predicted octanol–water partition coefficient (Wildman–Crippen LogP) is 3.10. The molecule has 3 rings (SSSR count). The third-order valence-electron chi connectivity index (χ3n) is 3.85. The van der Waals surface area contributed by atoms with Gasteiger partial charge in [-0.05, 0) is 49.6 Å². The third-order valence-corrected chi connectivity index (χ3v) is 5.77. The molecule has 2 amide bonds. The lowest BCUT2D eigenvalue weighted by molar-refractivity contribution is 0.100. The Hall–Kier alpha value is -1.86. The molecule has 0 radical (unpaired) electrons. The average molecular weight is 347 g/mol. The Morgan fingerprint density at radius 1 is 1.35 bits per heavy atom. The maximum Gasteiger partial charge on any atom is 0.259 e. The van der Waals surface area contributed by atoms with Gasteiger partial charge < -0.3 is 11.1 Å². The number of fused-ring (bicyclic) bond motifs is 1. The first-order valence-electron chi connectivity index (χ1n) is 7.36. The van der Waals surface area contributed by atoms with Crippen LogP contribution in [0.4, 0.5) is 5.00 Å². The molecule has 0 saturated carbocycles. The van der Waals surface area contributed by atoms with Gasteiger partial charge in [-0.1, -0.05) is 0 Å². The van der Waals surface area contributed by atoms with Crippen LogP contribution in [0.5, 0.6) is 0 Å². The van der Waals surface area contributed by atoms with Crippen molar-refractivity contribution >= 4 is 39.9 Å². The van der Waals surface area contributed by atoms with Crippen LogP contribution in [0, 0.1) is 0 Å². The number of nitrogens with zero attached hydrogens (tertiary/aromatic N) is 1. The van der Waals surface area contributed by atoms with Gasteiger partial charge in [0.2, 0.25) is 0 Å². The molecule has 5 nitrogen and oxygen atoms in total. The average Bonchev–Trinajstić information content (AvgIpc) is 2.92. The molecule has 0 saturated heterocycles. The summed E-state index contributed by atoms with van der Waals surface area (Å²) in [5.41, 5.74) is 7.55. The van der Waals surface area contributed by atoms with Crippen molar-refractivity contribution in [2.75, 3.05) is 11.6 Å². The molecule has 2 aromatic rings. The van der Waals surface area contributed by atoms with E-state index in [4.69, 9.17) is 5.73 Å². The Balaban J connectivity index is 1.95. The van der Waals surface area contributed by atoms with Crippen LogP contribution in [-0.4, -0.2) is 23.1 Å². The largest absolute Gasteiger partial charge is 0.365 e. The number of carbonyl (C=O) groups excluding carboxylic acids is 2. The van der Waals surface area contributed by atoms with Crippen molar-refractivity contribution in [2.24, 2.45) is 5.73 Å². The van der Waals surface area contributed by atoms with Gasteiger partial charge in [0.1, 0.15) is 10.0 Å². The second-order valence-corrected chi connectivity index (χ2v) is 7.19. The molecule has 0 spiro atoms. The molecule has 23 heavy (non-hydrogen) atoms. The van der Waals surface area contributed by atoms with Crippen LogP contribution in [0.15, 0.2) is 23.4 Å². The number of anilines is 1. The lowest BCUT2D eigenvalue weighted by Crippen LogP contribution is -2.19. The minimum atomic E-state index is -0.476. The molecule has 0 fully saturated rings. The molecule has 2 heterocycles. The summed E-state index contributed by atoms with van der Waals surface area (Å²) < 4.78 is 0. The van der Waals surface area contributed by atoms with Gasteiger partial charge in [-0.25, -0.2) is 4.98 Å². The summed E-state index contributed by atoms with van der Waals surface area (Å²) in [6.45, 7) is 0. The van der Waals surface area contributed by atoms with Crippen molar-refractivity contribution in [2.45, 2.75) is 30.7 Å². The van der Waals surface area contributed by atoms with Crippen molar-refractivity contribution in [3.63, 3.8) is 0 Å². The molecule has 0 bridgehead atoms. The number of amides is 2. The van der Waals surface area contributed by atoms with E-state index in [9.17, 15) is 9.59 Å². The van der Waals surface area contributed by atoms with Gasteiger partial charge >= 0.3 is 0 Å². The van der Waals surface area contributed by atoms with Gasteiger partial charge in [-0.2, -0.15) is 0 Å². The maximum atomic E-state index is 12.6. The highest BCUT2D eigenvalue weighted by Crippen LogP contribution is 2.38. The molecule has 3 N–H and O–H groups in total. The molecule has 1 aliphatic carbocycles. The van der Waals surface area contributed by atoms with Crippen LogP contribution >= 0.6 is 23.1 Å². The summed E-state index contributed by atoms with van der Waals surface area (Å²) >= 11 is 2.88. The van der Waals surface area contributed by atoms with Crippen LogP contribution in [-0.2, 0) is 12.8 Å². The number of aryl methyl sites for hydroxylation is 1. The van der Waals surface area contributed by atoms with Crippen LogP contribution in [0.25, 0.3) is 0 Å². The van der Waals surface area contributed by atoms with E-state index in [1.165, 1.54) is 23.1 Å². The lowest BCUT2D eigenvalue weighted by Gasteiger charge is -2.11. The van der Waals surface area contributed by atoms with Crippen molar-refractivity contribution in [1.82, 2.24) is 4.98 Å². The van der Waals surface area contributed by atoms with Crippen molar-refractivity contribution in [3.8, 4) is 0 Å². The Morgan fingerprint density at radius 2 is 2.13 bits per heavy atom. The second-order valence-electron chi connectivity index (χ2n) is 5.29. The number of primary amides is 1. The van der Waals surface area contributed by atoms with Gasteiger partial charge in [0.15, 0.2) is 0 Å². The molecule has 1 aliphatic rings. The molecular formula is C16H17N3O2S2. The van der Waals surface area contributed by atoms with E-state index >= 15 is 0 Å². The smallest absolute Gasteiger partial charge is 0.259 e. The van der Waals surface area contributed by atoms with Gasteiger partial charge in [-0.3, -0.25) is 9.59 Å². The lowest BCUT2D eigenvalue weighted by atomic mass is 9.95. The number of carbonyl (C=O) groups is 2. The normalized spacial score (nSPS) is 13.4. The Bertz CT molecular complexity index is 771. The maximum absolute atomic E-state index is 12.6. The van der Waals surface area contributed by atoms with E-state index in [1.54, 1.807) is 18.3 Å². The van der Waals surface area contributed by atoms with E-state index < -0.39 is 5.91 Å². The number of thiophene rings is 1. The van der Waals surface area contributed by atoms with Crippen molar-refractivity contribution < 1.29 is 9.59 Å². The highest BCUT2D eigenvalue weighted by molar-refractivity contribution is 7.98. The molecule has 120 valence electrons. The number of hydrogen-bond donors (Lipinski definition) is 2. The molecule has 0 aromatic carbocycles. The summed E-state index contributed by atoms with van der Waals surface area (Å²) in [6, 6.07) is 3.45. The predicted molar refractivity (Wildman–Crippen MR) is 93.5 cm³/mol. The van der Waals surface area contributed by atoms with E-state index in [0.717, 1.165) is 36.1 Å². The zero-order valence-electron chi connectivity index (χ0n) is 12.7. The van der Waals surface area contributed by atoms with Gasteiger partial charge in [0, 0.05) is 11.1 Å². The van der Waals surface area contributed by atoms with E-state index in [0.29, 0.717) is 21.2 Å². The minimum Gasteiger partial charge on any atom is -0.365 e. The fourth-order valence-electron chi connectivity index (χ4n) is 2.81. The standard InChI is InChI=1S/C16H17N3O2S2/c1-22-15-10(6-4-8-18-15)14(21)19-16-12(13(17)20)9-5-2-3-7-11(9)23-16/h4,6,8H,2-3,5,7H2,1H3,(H2,17,20)(H,19,21). The summed E-state index contributed by atoms with van der Waals surface area (Å²) in [5.74, 6) is -0.737. The number of nitrogens with two attached hydrogens (primary N) is 1. The second kappa shape index (κ2) is 6.72. The first-order valence-corrected chi connectivity index (χ1v) is 9.40. The SMILES string of the molecule is CSc1ncccc1C(=O)Nc1sc2c(c1C(N)=O)CCCC2. The fourth-order valence-corrected chi connectivity index (χ4v) is 4.65. The van der Waals surface area contributed by atoms with E-state index in [-0.39, 0.29) is 5.91 Å². The number of rotatable bonds is 4. The quantitative estimate of drug-likeness (QED) is 0.832. The van der Waals surface area contributed by atoms with Crippen molar-refractivity contribution in [1.29, 1.82) is 0 Å². The van der Waals surface area contributed by atoms with Crippen LogP contribution in [0.1, 0.15) is 44.0 Å². The monoisotopic (exact) mass is 347 g/mol. The van der Waals surface area contributed by atoms with Gasteiger partial charge in [-0.15, -0.1) is 23.1 Å².